The molecule has 0 heterocycles. The Kier molecular flexibility index (Phi) is 3.51. The molecular formula is C9H6INO4. The van der Waals surface area contributed by atoms with Crippen LogP contribution in [0.1, 0.15) is 27.6 Å². The smallest absolute Gasteiger partial charge is 0.281 e. The standard InChI is InChI=1S/C9H6INO4/c1-5(13)7-2-6(10)3-9(11(14)15)8(7)4-12/h2-4H,1H3. The van der Waals surface area contributed by atoms with E-state index >= 15 is 0 Å². The molecule has 0 aliphatic heterocycles. The van der Waals surface area contributed by atoms with E-state index in [2.05, 4.69) is 0 Å². The molecule has 0 amide bonds. The highest BCUT2D eigenvalue weighted by atomic mass is 127. The van der Waals surface area contributed by atoms with E-state index in [0.717, 1.165) is 0 Å². The fourth-order valence-electron chi connectivity index (χ4n) is 1.17. The lowest BCUT2D eigenvalue weighted by atomic mass is 10.0. The Morgan fingerprint density at radius 3 is 2.53 bits per heavy atom. The molecule has 15 heavy (non-hydrogen) atoms. The number of ketones is 1. The number of nitrogens with zero attached hydrogens (tertiary/aromatic N) is 1. The molecule has 78 valence electrons. The second kappa shape index (κ2) is 4.47. The number of halogens is 1. The molecule has 0 aromatic heterocycles. The van der Waals surface area contributed by atoms with Crippen LogP contribution in [-0.4, -0.2) is 17.0 Å². The quantitative estimate of drug-likeness (QED) is 0.281. The lowest BCUT2D eigenvalue weighted by Crippen LogP contribution is -2.04. The van der Waals surface area contributed by atoms with E-state index in [-0.39, 0.29) is 22.6 Å². The monoisotopic (exact) mass is 319 g/mol. The zero-order chi connectivity index (χ0) is 11.6. The maximum atomic E-state index is 11.2. The Balaban J connectivity index is 3.59. The molecule has 0 aliphatic carbocycles. The summed E-state index contributed by atoms with van der Waals surface area (Å²) in [6.07, 6.45) is 0.338. The van der Waals surface area contributed by atoms with Gasteiger partial charge >= 0.3 is 0 Å². The van der Waals surface area contributed by atoms with Gasteiger partial charge in [0.05, 0.1) is 4.92 Å². The summed E-state index contributed by atoms with van der Waals surface area (Å²) in [6, 6.07) is 2.72. The molecule has 0 radical (unpaired) electrons. The molecule has 0 spiro atoms. The molecule has 0 bridgehead atoms. The molecule has 1 aromatic rings. The van der Waals surface area contributed by atoms with Crippen molar-refractivity contribution < 1.29 is 14.5 Å². The first-order valence-electron chi connectivity index (χ1n) is 3.91. The van der Waals surface area contributed by atoms with Crippen LogP contribution in [-0.2, 0) is 0 Å². The summed E-state index contributed by atoms with van der Waals surface area (Å²) in [7, 11) is 0. The van der Waals surface area contributed by atoms with Crippen LogP contribution in [0, 0.1) is 13.7 Å². The van der Waals surface area contributed by atoms with Crippen LogP contribution in [0.4, 0.5) is 5.69 Å². The van der Waals surface area contributed by atoms with Crippen molar-refractivity contribution in [3.63, 3.8) is 0 Å². The Morgan fingerprint density at radius 2 is 2.13 bits per heavy atom. The van der Waals surface area contributed by atoms with Gasteiger partial charge in [0.2, 0.25) is 0 Å². The zero-order valence-corrected chi connectivity index (χ0v) is 9.85. The number of aldehydes is 1. The molecule has 0 unspecified atom stereocenters. The molecule has 5 nitrogen and oxygen atoms in total. The predicted octanol–water partition coefficient (Wildman–Crippen LogP) is 2.21. The van der Waals surface area contributed by atoms with Crippen LogP contribution < -0.4 is 0 Å². The summed E-state index contributed by atoms with van der Waals surface area (Å²) >= 11 is 1.86. The van der Waals surface area contributed by atoms with Crippen LogP contribution in [0.15, 0.2) is 12.1 Å². The van der Waals surface area contributed by atoms with E-state index in [0.29, 0.717) is 9.86 Å². The number of carbonyl (C=O) groups excluding carboxylic acids is 2. The van der Waals surface area contributed by atoms with Crippen molar-refractivity contribution in [3.8, 4) is 0 Å². The predicted molar refractivity (Wildman–Crippen MR) is 61.2 cm³/mol. The molecule has 0 saturated heterocycles. The van der Waals surface area contributed by atoms with Crippen LogP contribution in [0.2, 0.25) is 0 Å². The highest BCUT2D eigenvalue weighted by Crippen LogP contribution is 2.24. The molecule has 0 atom stereocenters. The average Bonchev–Trinajstić information content (AvgIpc) is 2.16. The summed E-state index contributed by atoms with van der Waals surface area (Å²) in [6.45, 7) is 1.27. The number of carbonyl (C=O) groups is 2. The average molecular weight is 319 g/mol. The highest BCUT2D eigenvalue weighted by Gasteiger charge is 2.20. The van der Waals surface area contributed by atoms with Crippen LogP contribution in [0.3, 0.4) is 0 Å². The lowest BCUT2D eigenvalue weighted by Gasteiger charge is -2.02. The summed E-state index contributed by atoms with van der Waals surface area (Å²) in [5.74, 6) is -0.362. The van der Waals surface area contributed by atoms with Crippen molar-refractivity contribution >= 4 is 40.3 Å². The van der Waals surface area contributed by atoms with Gasteiger partial charge in [-0.2, -0.15) is 0 Å². The number of rotatable bonds is 3. The highest BCUT2D eigenvalue weighted by molar-refractivity contribution is 14.1. The maximum Gasteiger partial charge on any atom is 0.281 e. The Hall–Kier alpha value is -1.31. The maximum absolute atomic E-state index is 11.2. The number of hydrogen-bond acceptors (Lipinski definition) is 4. The normalized spacial score (nSPS) is 9.73. The van der Waals surface area contributed by atoms with Crippen LogP contribution >= 0.6 is 22.6 Å². The number of Topliss-reactive ketones (excluding diaryl/α,β-unsaturated/α-hetero) is 1. The molecule has 0 fully saturated rings. The van der Waals surface area contributed by atoms with E-state index < -0.39 is 4.92 Å². The first-order chi connectivity index (χ1) is 6.97. The number of nitro benzene ring substituents is 1. The fourth-order valence-corrected chi connectivity index (χ4v) is 1.78. The molecular weight excluding hydrogens is 313 g/mol. The molecule has 0 aliphatic rings. The van der Waals surface area contributed by atoms with Gasteiger partial charge in [0.1, 0.15) is 5.56 Å². The SMILES string of the molecule is CC(=O)c1cc(I)cc([N+](=O)[O-])c1C=O. The summed E-state index contributed by atoms with van der Waals surface area (Å²) < 4.78 is 0.551. The number of hydrogen-bond donors (Lipinski definition) is 0. The largest absolute Gasteiger partial charge is 0.298 e. The van der Waals surface area contributed by atoms with Gasteiger partial charge in [0, 0.05) is 15.2 Å². The van der Waals surface area contributed by atoms with Crippen molar-refractivity contribution in [2.24, 2.45) is 0 Å². The first-order valence-corrected chi connectivity index (χ1v) is 4.99. The summed E-state index contributed by atoms with van der Waals surface area (Å²) in [5, 5.41) is 10.6. The minimum atomic E-state index is -0.668. The van der Waals surface area contributed by atoms with Gasteiger partial charge in [-0.15, -0.1) is 0 Å². The van der Waals surface area contributed by atoms with E-state index in [9.17, 15) is 19.7 Å². The van der Waals surface area contributed by atoms with Gasteiger partial charge in [0.25, 0.3) is 5.69 Å². The minimum Gasteiger partial charge on any atom is -0.298 e. The van der Waals surface area contributed by atoms with E-state index in [4.69, 9.17) is 0 Å². The Morgan fingerprint density at radius 1 is 1.53 bits per heavy atom. The molecule has 0 saturated carbocycles. The van der Waals surface area contributed by atoms with E-state index in [1.165, 1.54) is 19.1 Å². The van der Waals surface area contributed by atoms with Gasteiger partial charge in [-0.3, -0.25) is 19.7 Å². The second-order valence-electron chi connectivity index (χ2n) is 2.82. The van der Waals surface area contributed by atoms with E-state index in [1.54, 1.807) is 0 Å². The third-order valence-electron chi connectivity index (χ3n) is 1.82. The zero-order valence-electron chi connectivity index (χ0n) is 7.69. The van der Waals surface area contributed by atoms with Gasteiger partial charge in [0.15, 0.2) is 12.1 Å². The minimum absolute atomic E-state index is 0.0867. The second-order valence-corrected chi connectivity index (χ2v) is 4.06. The van der Waals surface area contributed by atoms with E-state index in [1.807, 2.05) is 22.6 Å². The first kappa shape index (κ1) is 11.8. The fraction of sp³-hybridized carbons (Fsp3) is 0.111. The molecule has 6 heteroatoms. The van der Waals surface area contributed by atoms with Crippen molar-refractivity contribution in [3.05, 3.63) is 36.9 Å². The van der Waals surface area contributed by atoms with Gasteiger partial charge < -0.3 is 0 Å². The van der Waals surface area contributed by atoms with Gasteiger partial charge in [-0.25, -0.2) is 0 Å². The van der Waals surface area contributed by atoms with Crippen molar-refractivity contribution in [1.82, 2.24) is 0 Å². The third-order valence-corrected chi connectivity index (χ3v) is 2.44. The van der Waals surface area contributed by atoms with Gasteiger partial charge in [-0.05, 0) is 35.6 Å². The lowest BCUT2D eigenvalue weighted by molar-refractivity contribution is -0.385. The van der Waals surface area contributed by atoms with Crippen LogP contribution in [0.25, 0.3) is 0 Å². The van der Waals surface area contributed by atoms with Crippen LogP contribution in [0.5, 0.6) is 0 Å². The Labute approximate surface area is 98.8 Å². The third kappa shape index (κ3) is 2.38. The number of benzene rings is 1. The molecule has 0 N–H and O–H groups in total. The van der Waals surface area contributed by atoms with Crippen molar-refractivity contribution in [2.75, 3.05) is 0 Å². The van der Waals surface area contributed by atoms with Crippen molar-refractivity contribution in [1.29, 1.82) is 0 Å². The Bertz CT molecular complexity index is 420. The number of nitro groups is 1. The molecule has 1 rings (SSSR count). The van der Waals surface area contributed by atoms with Gasteiger partial charge in [-0.1, -0.05) is 0 Å². The topological polar surface area (TPSA) is 77.3 Å². The summed E-state index contributed by atoms with van der Waals surface area (Å²) in [4.78, 5) is 31.8. The molecule has 1 aromatic carbocycles. The van der Waals surface area contributed by atoms with Crippen molar-refractivity contribution in [2.45, 2.75) is 6.92 Å². The summed E-state index contributed by atoms with van der Waals surface area (Å²) in [5.41, 5.74) is -0.404.